The normalized spacial score (nSPS) is 11.8. The largest absolute Gasteiger partial charge is 1.00 e. The minimum atomic E-state index is -0.859. The summed E-state index contributed by atoms with van der Waals surface area (Å²) in [7, 11) is 1.84. The average molecular weight is 1110 g/mol. The molecule has 0 spiro atoms. The molecular formula is C51H51Cl5F6N3NaO4Si. The van der Waals surface area contributed by atoms with Crippen LogP contribution in [-0.2, 0) is 22.4 Å². The van der Waals surface area contributed by atoms with Gasteiger partial charge in [-0.25, -0.2) is 31.3 Å². The molecule has 6 aromatic carbocycles. The molecule has 2 atom stereocenters. The van der Waals surface area contributed by atoms with E-state index in [9.17, 15) is 31.1 Å². The molecule has 71 heavy (non-hydrogen) atoms. The number of aliphatic hydroxyl groups is 1. The van der Waals surface area contributed by atoms with Gasteiger partial charge in [0.1, 0.15) is 70.3 Å². The van der Waals surface area contributed by atoms with Crippen LogP contribution in [0.2, 0.25) is 6.04 Å². The Bertz CT molecular complexity index is 2510. The molecule has 376 valence electrons. The fourth-order valence-corrected chi connectivity index (χ4v) is 6.98. The van der Waals surface area contributed by atoms with Crippen LogP contribution in [0.25, 0.3) is 6.08 Å². The van der Waals surface area contributed by atoms with Crippen LogP contribution in [0.15, 0.2) is 139 Å². The summed E-state index contributed by atoms with van der Waals surface area (Å²) in [6.45, 7) is 3.92. The molecule has 0 aromatic heterocycles. The molecule has 0 bridgehead atoms. The molecule has 1 aliphatic heterocycles. The smallest absolute Gasteiger partial charge is 0.870 e. The van der Waals surface area contributed by atoms with Crippen molar-refractivity contribution in [1.82, 2.24) is 5.32 Å². The van der Waals surface area contributed by atoms with Gasteiger partial charge in [0.15, 0.2) is 0 Å². The number of nitrogens with zero attached hydrogens (tertiary/aromatic N) is 2. The minimum absolute atomic E-state index is 0. The zero-order valence-electron chi connectivity index (χ0n) is 38.1. The van der Waals surface area contributed by atoms with E-state index < -0.39 is 51.9 Å². The summed E-state index contributed by atoms with van der Waals surface area (Å²) in [5, 5.41) is 18.1. The molecular weight excluding hydrogens is 1060 g/mol. The van der Waals surface area contributed by atoms with Crippen LogP contribution in [0.4, 0.5) is 26.3 Å². The van der Waals surface area contributed by atoms with Crippen molar-refractivity contribution in [1.29, 1.82) is 5.26 Å². The van der Waals surface area contributed by atoms with E-state index in [2.05, 4.69) is 16.9 Å². The molecule has 0 saturated carbocycles. The van der Waals surface area contributed by atoms with E-state index in [1.54, 1.807) is 0 Å². The van der Waals surface area contributed by atoms with Crippen LogP contribution < -0.4 is 34.9 Å². The van der Waals surface area contributed by atoms with Gasteiger partial charge in [-0.3, -0.25) is 4.79 Å². The van der Waals surface area contributed by atoms with Crippen LogP contribution >= 0.6 is 58.0 Å². The van der Waals surface area contributed by atoms with E-state index in [0.717, 1.165) is 81.0 Å². The number of hydrogen-bond acceptors (Lipinski definition) is 6. The molecule has 7 nitrogen and oxygen atoms in total. The summed E-state index contributed by atoms with van der Waals surface area (Å²) in [6.07, 6.45) is 1.82. The van der Waals surface area contributed by atoms with Gasteiger partial charge >= 0.3 is 29.6 Å². The van der Waals surface area contributed by atoms with E-state index in [4.69, 9.17) is 73.1 Å². The van der Waals surface area contributed by atoms with Crippen molar-refractivity contribution < 1.29 is 76.0 Å². The molecule has 0 aliphatic carbocycles. The summed E-state index contributed by atoms with van der Waals surface area (Å²) in [6, 6.07) is 35.1. The SMILES string of the molecule is C.C=Cc1ccc(CCl)cc1.CO.ClCCl.Fc1cccc(F)c1C1=NC(c2ccc(CCl)cc2)CO1.N#Cc1c(F)cccc1F.O=C(NC(C[SiH3])c1ccc(CCl)cc1)c1c(F)cccc1F.[Na+].[OH-]. The second-order valence-electron chi connectivity index (χ2n) is 13.5. The molecule has 0 fully saturated rings. The van der Waals surface area contributed by atoms with Crippen LogP contribution in [0, 0.1) is 46.2 Å². The molecule has 7 rings (SSSR count). The van der Waals surface area contributed by atoms with Gasteiger partial charge in [0.05, 0.1) is 11.4 Å². The van der Waals surface area contributed by atoms with Gasteiger partial charge < -0.3 is 20.6 Å². The Balaban J connectivity index is 0. The molecule has 3 N–H and O–H groups in total. The first kappa shape index (κ1) is 68.7. The van der Waals surface area contributed by atoms with Gasteiger partial charge in [-0.05, 0) is 75.8 Å². The zero-order chi connectivity index (χ0) is 50.6. The van der Waals surface area contributed by atoms with Crippen molar-refractivity contribution in [3.63, 3.8) is 0 Å². The fraction of sp³-hybridized carbons (Fsp3) is 0.196. The maximum atomic E-state index is 13.7. The number of nitriles is 1. The number of aliphatic imine (C=N–C) groups is 1. The number of halogens is 11. The van der Waals surface area contributed by atoms with Gasteiger partial charge in [-0.2, -0.15) is 5.26 Å². The molecule has 1 heterocycles. The van der Waals surface area contributed by atoms with Gasteiger partial charge in [-0.1, -0.05) is 111 Å². The number of ether oxygens (including phenoxy) is 1. The number of rotatable bonds is 10. The number of nitrogens with one attached hydrogen (secondary N) is 1. The first-order valence-electron chi connectivity index (χ1n) is 20.2. The summed E-state index contributed by atoms with van der Waals surface area (Å²) in [5.74, 6) is -3.99. The third-order valence-electron chi connectivity index (χ3n) is 9.23. The maximum absolute atomic E-state index is 13.7. The summed E-state index contributed by atoms with van der Waals surface area (Å²) < 4.78 is 84.9. The summed E-state index contributed by atoms with van der Waals surface area (Å²) >= 11 is 26.6. The van der Waals surface area contributed by atoms with E-state index in [-0.39, 0.29) is 78.0 Å². The van der Waals surface area contributed by atoms with Crippen LogP contribution in [0.3, 0.4) is 0 Å². The topological polar surface area (TPSA) is 125 Å². The third-order valence-corrected chi connectivity index (χ3v) is 11.0. The standard InChI is InChI=1S/C16H16ClF2NOSi.C16H12ClF2NO.C9H9Cl.C7H3F2N.CH2Cl2.CH4O.CH4.Na.H2O/c17-8-10-4-6-11(7-5-10)14(9-22)20-16(21)15-12(18)2-1-3-13(15)19;17-8-10-4-6-11(7-5-10)14-9-21-16(20-14)15-12(18)2-1-3-13(15)19;1-2-8-3-5-9(7-10)6-4-8;8-6-2-1-3-7(9)5(6)4-10;2-1-3;1-2;;;/h1-7,14H,8-9H2,22H3,(H,20,21);1-7,14H,8-9H2;2-6H,1,7H2;1-3H;1H2;2H,1H3;1H4;;1H2/q;;;;;;;+1;/p-1. The molecule has 6 aromatic rings. The molecule has 1 aliphatic rings. The van der Waals surface area contributed by atoms with Crippen molar-refractivity contribution in [3.05, 3.63) is 219 Å². The Morgan fingerprint density at radius 3 is 1.52 bits per heavy atom. The molecule has 0 saturated heterocycles. The van der Waals surface area contributed by atoms with Crippen molar-refractivity contribution in [2.24, 2.45) is 4.99 Å². The van der Waals surface area contributed by atoms with Crippen molar-refractivity contribution in [3.8, 4) is 6.07 Å². The second kappa shape index (κ2) is 38.3. The molecule has 1 amide bonds. The Labute approximate surface area is 461 Å². The fourth-order valence-electron chi connectivity index (χ4n) is 5.77. The quantitative estimate of drug-likeness (QED) is 0.0803. The van der Waals surface area contributed by atoms with Gasteiger partial charge in [0.2, 0.25) is 5.90 Å². The van der Waals surface area contributed by atoms with Gasteiger partial charge in [-0.15, -0.1) is 58.0 Å². The number of carbonyl (C=O) groups excluding carboxylic acids is 1. The Morgan fingerprint density at radius 2 is 1.14 bits per heavy atom. The summed E-state index contributed by atoms with van der Waals surface area (Å²) in [4.78, 5) is 16.4. The first-order valence-corrected chi connectivity index (χ1v) is 24.2. The second-order valence-corrected chi connectivity index (χ2v) is 16.0. The van der Waals surface area contributed by atoms with Crippen molar-refractivity contribution in [2.45, 2.75) is 43.2 Å². The van der Waals surface area contributed by atoms with Crippen LogP contribution in [-0.4, -0.2) is 51.7 Å². The van der Waals surface area contributed by atoms with E-state index in [1.807, 2.05) is 78.9 Å². The molecule has 0 radical (unpaired) electrons. The van der Waals surface area contributed by atoms with Gasteiger partial charge in [0.25, 0.3) is 5.91 Å². The first-order chi connectivity index (χ1) is 32.8. The van der Waals surface area contributed by atoms with Gasteiger partial charge in [0, 0.05) is 35.0 Å². The Kier molecular flexibility index (Phi) is 37.1. The number of carbonyl (C=O) groups is 1. The Morgan fingerprint density at radius 1 is 0.746 bits per heavy atom. The van der Waals surface area contributed by atoms with E-state index >= 15 is 0 Å². The monoisotopic (exact) mass is 1110 g/mol. The van der Waals surface area contributed by atoms with E-state index in [0.29, 0.717) is 17.6 Å². The van der Waals surface area contributed by atoms with Crippen LogP contribution in [0.5, 0.6) is 0 Å². The molecule has 20 heteroatoms. The zero-order valence-corrected chi connectivity index (χ0v) is 45.8. The number of benzene rings is 6. The average Bonchev–Trinajstić information content (AvgIpc) is 3.84. The number of aliphatic hydroxyl groups excluding tert-OH is 1. The minimum Gasteiger partial charge on any atom is -0.870 e. The Hall–Kier alpha value is -4.34. The third kappa shape index (κ3) is 22.5. The van der Waals surface area contributed by atoms with Crippen molar-refractivity contribution >= 4 is 86.1 Å². The number of hydrogen-bond donors (Lipinski definition) is 2. The van der Waals surface area contributed by atoms with Crippen molar-refractivity contribution in [2.75, 3.05) is 19.1 Å². The predicted molar refractivity (Wildman–Crippen MR) is 275 cm³/mol. The van der Waals surface area contributed by atoms with E-state index in [1.165, 1.54) is 36.4 Å². The summed E-state index contributed by atoms with van der Waals surface area (Å²) in [5.41, 5.74) is 4.80. The number of amides is 1. The maximum Gasteiger partial charge on any atom is 1.00 e. The predicted octanol–water partition coefficient (Wildman–Crippen LogP) is 10.6. The molecule has 2 unspecified atom stereocenters. The van der Waals surface area contributed by atoms with Crippen LogP contribution in [0.1, 0.15) is 74.4 Å². The number of alkyl halides is 5.